The molecule has 0 spiro atoms. The van der Waals surface area contributed by atoms with E-state index in [1.165, 1.54) is 6.42 Å². The van der Waals surface area contributed by atoms with Gasteiger partial charge in [0.2, 0.25) is 0 Å². The zero-order valence-electron chi connectivity index (χ0n) is 10.3. The van der Waals surface area contributed by atoms with Crippen molar-refractivity contribution >= 4 is 0 Å². The number of nitrogens with zero attached hydrogens (tertiary/aromatic N) is 1. The fourth-order valence-electron chi connectivity index (χ4n) is 2.74. The summed E-state index contributed by atoms with van der Waals surface area (Å²) in [4.78, 5) is 2.57. The van der Waals surface area contributed by atoms with Gasteiger partial charge in [0.05, 0.1) is 12.3 Å². The third-order valence-electron chi connectivity index (χ3n) is 3.53. The predicted octanol–water partition coefficient (Wildman–Crippen LogP) is 2.41. The lowest BCUT2D eigenvalue weighted by Gasteiger charge is -2.33. The first-order chi connectivity index (χ1) is 7.86. The first-order valence-electron chi connectivity index (χ1n) is 6.36. The SMILES string of the molecule is CCC(c1ccco1)N(CC)C1CCNC1. The highest BCUT2D eigenvalue weighted by Gasteiger charge is 2.28. The maximum absolute atomic E-state index is 5.57. The van der Waals surface area contributed by atoms with Gasteiger partial charge in [-0.25, -0.2) is 0 Å². The summed E-state index contributed by atoms with van der Waals surface area (Å²) in [6.07, 6.45) is 4.14. The van der Waals surface area contributed by atoms with Crippen LogP contribution in [0.15, 0.2) is 22.8 Å². The van der Waals surface area contributed by atoms with Crippen molar-refractivity contribution in [3.05, 3.63) is 24.2 Å². The summed E-state index contributed by atoms with van der Waals surface area (Å²) in [5.74, 6) is 1.11. The Morgan fingerprint density at radius 2 is 2.44 bits per heavy atom. The third kappa shape index (κ3) is 2.30. The molecule has 1 aromatic rings. The van der Waals surface area contributed by atoms with Crippen molar-refractivity contribution in [3.8, 4) is 0 Å². The van der Waals surface area contributed by atoms with Crippen LogP contribution in [0.3, 0.4) is 0 Å². The number of furan rings is 1. The average Bonchev–Trinajstić information content (AvgIpc) is 2.97. The largest absolute Gasteiger partial charge is 0.468 e. The van der Waals surface area contributed by atoms with Crippen LogP contribution in [0.4, 0.5) is 0 Å². The molecule has 2 unspecified atom stereocenters. The molecule has 3 nitrogen and oxygen atoms in total. The van der Waals surface area contributed by atoms with Crippen molar-refractivity contribution in [1.82, 2.24) is 10.2 Å². The molecule has 0 bridgehead atoms. The van der Waals surface area contributed by atoms with Crippen molar-refractivity contribution in [3.63, 3.8) is 0 Å². The Labute approximate surface area is 97.8 Å². The van der Waals surface area contributed by atoms with Gasteiger partial charge in [-0.1, -0.05) is 13.8 Å². The van der Waals surface area contributed by atoms with E-state index in [1.54, 1.807) is 6.26 Å². The number of rotatable bonds is 5. The predicted molar refractivity (Wildman–Crippen MR) is 65.4 cm³/mol. The van der Waals surface area contributed by atoms with E-state index in [2.05, 4.69) is 30.1 Å². The van der Waals surface area contributed by atoms with Crippen molar-refractivity contribution in [2.45, 2.75) is 38.8 Å². The van der Waals surface area contributed by atoms with Crippen molar-refractivity contribution < 1.29 is 4.42 Å². The second kappa shape index (κ2) is 5.51. The molecular weight excluding hydrogens is 200 g/mol. The van der Waals surface area contributed by atoms with Gasteiger partial charge in [-0.05, 0) is 38.1 Å². The molecule has 0 saturated carbocycles. The Morgan fingerprint density at radius 1 is 1.56 bits per heavy atom. The van der Waals surface area contributed by atoms with Gasteiger partial charge in [-0.15, -0.1) is 0 Å². The summed E-state index contributed by atoms with van der Waals surface area (Å²) < 4.78 is 5.57. The van der Waals surface area contributed by atoms with Crippen LogP contribution in [0.1, 0.15) is 38.5 Å². The van der Waals surface area contributed by atoms with Crippen LogP contribution in [-0.2, 0) is 0 Å². The van der Waals surface area contributed by atoms with E-state index >= 15 is 0 Å². The van der Waals surface area contributed by atoms with Gasteiger partial charge in [0.25, 0.3) is 0 Å². The Bertz CT molecular complexity index is 291. The topological polar surface area (TPSA) is 28.4 Å². The molecule has 90 valence electrons. The summed E-state index contributed by atoms with van der Waals surface area (Å²) in [6, 6.07) is 5.18. The molecule has 1 saturated heterocycles. The minimum atomic E-state index is 0.435. The molecule has 1 aromatic heterocycles. The van der Waals surface area contributed by atoms with Crippen LogP contribution in [0, 0.1) is 0 Å². The lowest BCUT2D eigenvalue weighted by atomic mass is 10.1. The van der Waals surface area contributed by atoms with E-state index in [1.807, 2.05) is 6.07 Å². The number of likely N-dealkylation sites (N-methyl/N-ethyl adjacent to an activating group) is 1. The smallest absolute Gasteiger partial charge is 0.120 e. The normalized spacial score (nSPS) is 22.8. The second-order valence-electron chi connectivity index (χ2n) is 4.42. The van der Waals surface area contributed by atoms with Gasteiger partial charge < -0.3 is 9.73 Å². The molecule has 1 aliphatic heterocycles. The number of nitrogens with one attached hydrogen (secondary N) is 1. The molecule has 0 aromatic carbocycles. The van der Waals surface area contributed by atoms with Crippen molar-refractivity contribution in [2.75, 3.05) is 19.6 Å². The second-order valence-corrected chi connectivity index (χ2v) is 4.42. The molecule has 2 rings (SSSR count). The lowest BCUT2D eigenvalue weighted by molar-refractivity contribution is 0.129. The molecular formula is C13H22N2O. The first-order valence-corrected chi connectivity index (χ1v) is 6.36. The van der Waals surface area contributed by atoms with Gasteiger partial charge in [-0.2, -0.15) is 0 Å². The highest BCUT2D eigenvalue weighted by Crippen LogP contribution is 2.27. The molecule has 0 aliphatic carbocycles. The van der Waals surface area contributed by atoms with Crippen LogP contribution < -0.4 is 5.32 Å². The van der Waals surface area contributed by atoms with E-state index in [9.17, 15) is 0 Å². The monoisotopic (exact) mass is 222 g/mol. The minimum absolute atomic E-state index is 0.435. The zero-order valence-corrected chi connectivity index (χ0v) is 10.3. The minimum Gasteiger partial charge on any atom is -0.468 e. The molecule has 2 heterocycles. The number of hydrogen-bond acceptors (Lipinski definition) is 3. The highest BCUT2D eigenvalue weighted by molar-refractivity contribution is 5.05. The summed E-state index contributed by atoms with van der Waals surface area (Å²) >= 11 is 0. The van der Waals surface area contributed by atoms with E-state index in [0.29, 0.717) is 12.1 Å². The molecule has 16 heavy (non-hydrogen) atoms. The summed E-state index contributed by atoms with van der Waals surface area (Å²) in [6.45, 7) is 7.83. The molecule has 2 atom stereocenters. The van der Waals surface area contributed by atoms with E-state index in [4.69, 9.17) is 4.42 Å². The van der Waals surface area contributed by atoms with Gasteiger partial charge >= 0.3 is 0 Å². The van der Waals surface area contributed by atoms with Crippen molar-refractivity contribution in [2.24, 2.45) is 0 Å². The summed E-state index contributed by atoms with van der Waals surface area (Å²) in [5, 5.41) is 3.44. The molecule has 0 radical (unpaired) electrons. The molecule has 1 N–H and O–H groups in total. The van der Waals surface area contributed by atoms with Crippen LogP contribution in [0.2, 0.25) is 0 Å². The number of hydrogen-bond donors (Lipinski definition) is 1. The van der Waals surface area contributed by atoms with Gasteiger partial charge in [0, 0.05) is 12.6 Å². The summed E-state index contributed by atoms with van der Waals surface area (Å²) in [5.41, 5.74) is 0. The standard InChI is InChI=1S/C13H22N2O/c1-3-12(13-6-5-9-16-13)15(4-2)11-7-8-14-10-11/h5-6,9,11-12,14H,3-4,7-8,10H2,1-2H3. The Kier molecular flexibility index (Phi) is 4.02. The van der Waals surface area contributed by atoms with E-state index in [0.717, 1.165) is 31.8 Å². The maximum Gasteiger partial charge on any atom is 0.120 e. The Balaban J connectivity index is 2.11. The molecule has 1 fully saturated rings. The fraction of sp³-hybridized carbons (Fsp3) is 0.692. The van der Waals surface area contributed by atoms with Gasteiger partial charge in [0.1, 0.15) is 5.76 Å². The third-order valence-corrected chi connectivity index (χ3v) is 3.53. The van der Waals surface area contributed by atoms with Crippen LogP contribution in [-0.4, -0.2) is 30.6 Å². The Hall–Kier alpha value is -0.800. The van der Waals surface area contributed by atoms with Gasteiger partial charge in [0.15, 0.2) is 0 Å². The van der Waals surface area contributed by atoms with Gasteiger partial charge in [-0.3, -0.25) is 4.90 Å². The molecule has 3 heteroatoms. The summed E-state index contributed by atoms with van der Waals surface area (Å²) in [7, 11) is 0. The zero-order chi connectivity index (χ0) is 11.4. The Morgan fingerprint density at radius 3 is 2.94 bits per heavy atom. The van der Waals surface area contributed by atoms with Crippen LogP contribution in [0.5, 0.6) is 0 Å². The fourth-order valence-corrected chi connectivity index (χ4v) is 2.74. The highest BCUT2D eigenvalue weighted by atomic mass is 16.3. The quantitative estimate of drug-likeness (QED) is 0.829. The van der Waals surface area contributed by atoms with Crippen LogP contribution >= 0.6 is 0 Å². The van der Waals surface area contributed by atoms with Crippen molar-refractivity contribution in [1.29, 1.82) is 0 Å². The first kappa shape index (κ1) is 11.7. The molecule has 0 amide bonds. The lowest BCUT2D eigenvalue weighted by Crippen LogP contribution is -2.39. The molecule has 1 aliphatic rings. The van der Waals surface area contributed by atoms with E-state index in [-0.39, 0.29) is 0 Å². The van der Waals surface area contributed by atoms with E-state index < -0.39 is 0 Å². The maximum atomic E-state index is 5.57. The van der Waals surface area contributed by atoms with Crippen LogP contribution in [0.25, 0.3) is 0 Å². The average molecular weight is 222 g/mol.